The minimum Gasteiger partial charge on any atom is -0.494 e. The van der Waals surface area contributed by atoms with Gasteiger partial charge in [-0.05, 0) is 69.3 Å². The highest BCUT2D eigenvalue weighted by atomic mass is 16.5. The average Bonchev–Trinajstić information content (AvgIpc) is 2.95. The van der Waals surface area contributed by atoms with Crippen molar-refractivity contribution in [3.05, 3.63) is 24.3 Å². The maximum absolute atomic E-state index is 5.87. The number of hydrogen-bond acceptors (Lipinski definition) is 3. The quantitative estimate of drug-likeness (QED) is 0.745. The van der Waals surface area contributed by atoms with Crippen molar-refractivity contribution < 1.29 is 9.47 Å². The maximum atomic E-state index is 5.87. The van der Waals surface area contributed by atoms with Gasteiger partial charge in [-0.25, -0.2) is 0 Å². The molecular formula is C18H29NO2. The first-order valence-electron chi connectivity index (χ1n) is 8.42. The number of hydrogen-bond donors (Lipinski definition) is 1. The Bertz CT molecular complexity index is 391. The Morgan fingerprint density at radius 1 is 1.05 bits per heavy atom. The number of ether oxygens (including phenoxy) is 2. The molecule has 1 aromatic rings. The second kappa shape index (κ2) is 8.93. The van der Waals surface area contributed by atoms with E-state index in [0.717, 1.165) is 37.0 Å². The van der Waals surface area contributed by atoms with Crippen LogP contribution in [0.4, 0.5) is 0 Å². The Hall–Kier alpha value is -1.22. The molecule has 1 N–H and O–H groups in total. The van der Waals surface area contributed by atoms with Gasteiger partial charge in [-0.3, -0.25) is 0 Å². The molecule has 0 radical (unpaired) electrons. The lowest BCUT2D eigenvalue weighted by Gasteiger charge is -2.21. The largest absolute Gasteiger partial charge is 0.494 e. The zero-order valence-electron chi connectivity index (χ0n) is 13.4. The molecule has 2 rings (SSSR count). The summed E-state index contributed by atoms with van der Waals surface area (Å²) in [7, 11) is 0. The van der Waals surface area contributed by atoms with Crippen LogP contribution in [0, 0.1) is 5.92 Å². The molecule has 2 atom stereocenters. The van der Waals surface area contributed by atoms with E-state index < -0.39 is 0 Å². The van der Waals surface area contributed by atoms with Gasteiger partial charge in [-0.2, -0.15) is 0 Å². The van der Waals surface area contributed by atoms with Gasteiger partial charge in [0, 0.05) is 6.04 Å². The van der Waals surface area contributed by atoms with Crippen LogP contribution in [0.2, 0.25) is 0 Å². The third kappa shape index (κ3) is 5.24. The fraction of sp³-hybridized carbons (Fsp3) is 0.667. The molecule has 1 saturated carbocycles. The molecule has 3 nitrogen and oxygen atoms in total. The number of rotatable bonds is 9. The summed E-state index contributed by atoms with van der Waals surface area (Å²) in [5.74, 6) is 2.62. The molecule has 0 bridgehead atoms. The zero-order valence-corrected chi connectivity index (χ0v) is 13.4. The monoisotopic (exact) mass is 291 g/mol. The van der Waals surface area contributed by atoms with Crippen LogP contribution in [0.3, 0.4) is 0 Å². The molecule has 3 heteroatoms. The van der Waals surface area contributed by atoms with E-state index in [-0.39, 0.29) is 0 Å². The van der Waals surface area contributed by atoms with E-state index in [1.807, 2.05) is 31.2 Å². The van der Waals surface area contributed by atoms with E-state index in [4.69, 9.17) is 9.47 Å². The summed E-state index contributed by atoms with van der Waals surface area (Å²) in [4.78, 5) is 0. The standard InChI is InChI=1S/C18H29NO2/c1-3-13-19-18-7-5-6-15(18)12-14-21-17-10-8-16(9-11-17)20-4-2/h8-11,15,18-19H,3-7,12-14H2,1-2H3. The fourth-order valence-electron chi connectivity index (χ4n) is 3.11. The Balaban J connectivity index is 1.70. The van der Waals surface area contributed by atoms with Crippen molar-refractivity contribution in [3.63, 3.8) is 0 Å². The van der Waals surface area contributed by atoms with Crippen LogP contribution in [0.15, 0.2) is 24.3 Å². The van der Waals surface area contributed by atoms with Gasteiger partial charge in [-0.1, -0.05) is 13.3 Å². The molecule has 1 aliphatic carbocycles. The highest BCUT2D eigenvalue weighted by molar-refractivity contribution is 5.31. The number of nitrogens with one attached hydrogen (secondary N) is 1. The van der Waals surface area contributed by atoms with Crippen molar-refractivity contribution in [2.45, 2.75) is 52.0 Å². The van der Waals surface area contributed by atoms with Gasteiger partial charge in [0.05, 0.1) is 13.2 Å². The summed E-state index contributed by atoms with van der Waals surface area (Å²) in [5, 5.41) is 3.68. The van der Waals surface area contributed by atoms with Gasteiger partial charge in [0.15, 0.2) is 0 Å². The van der Waals surface area contributed by atoms with Crippen LogP contribution in [0.5, 0.6) is 11.5 Å². The van der Waals surface area contributed by atoms with E-state index in [1.54, 1.807) is 0 Å². The fourth-order valence-corrected chi connectivity index (χ4v) is 3.11. The van der Waals surface area contributed by atoms with E-state index >= 15 is 0 Å². The van der Waals surface area contributed by atoms with Crippen LogP contribution in [0.1, 0.15) is 46.0 Å². The molecule has 1 aliphatic rings. The summed E-state index contributed by atoms with van der Waals surface area (Å²) in [5.41, 5.74) is 0. The van der Waals surface area contributed by atoms with Crippen molar-refractivity contribution in [2.75, 3.05) is 19.8 Å². The van der Waals surface area contributed by atoms with E-state index in [2.05, 4.69) is 12.2 Å². The molecule has 2 unspecified atom stereocenters. The second-order valence-electron chi connectivity index (χ2n) is 5.79. The van der Waals surface area contributed by atoms with Crippen molar-refractivity contribution in [1.29, 1.82) is 0 Å². The van der Waals surface area contributed by atoms with Crippen LogP contribution in [0.25, 0.3) is 0 Å². The third-order valence-electron chi connectivity index (χ3n) is 4.21. The maximum Gasteiger partial charge on any atom is 0.119 e. The Labute approximate surface area is 129 Å². The Morgan fingerprint density at radius 3 is 2.43 bits per heavy atom. The van der Waals surface area contributed by atoms with E-state index in [1.165, 1.54) is 25.7 Å². The lowest BCUT2D eigenvalue weighted by atomic mass is 10.00. The normalized spacial score (nSPS) is 21.4. The molecule has 0 amide bonds. The molecule has 0 saturated heterocycles. The predicted molar refractivity (Wildman–Crippen MR) is 87.1 cm³/mol. The minimum atomic E-state index is 0.702. The molecule has 0 aliphatic heterocycles. The Kier molecular flexibility index (Phi) is 6.87. The van der Waals surface area contributed by atoms with Crippen LogP contribution >= 0.6 is 0 Å². The second-order valence-corrected chi connectivity index (χ2v) is 5.79. The summed E-state index contributed by atoms with van der Waals surface area (Å²) >= 11 is 0. The summed E-state index contributed by atoms with van der Waals surface area (Å²) in [6.07, 6.45) is 6.39. The van der Waals surface area contributed by atoms with Crippen LogP contribution < -0.4 is 14.8 Å². The highest BCUT2D eigenvalue weighted by Crippen LogP contribution is 2.28. The first-order chi connectivity index (χ1) is 10.3. The predicted octanol–water partition coefficient (Wildman–Crippen LogP) is 4.02. The van der Waals surface area contributed by atoms with Gasteiger partial charge in [0.25, 0.3) is 0 Å². The lowest BCUT2D eigenvalue weighted by Crippen LogP contribution is -2.33. The third-order valence-corrected chi connectivity index (χ3v) is 4.21. The molecule has 1 fully saturated rings. The SMILES string of the molecule is CCCNC1CCCC1CCOc1ccc(OCC)cc1. The molecule has 0 heterocycles. The van der Waals surface area contributed by atoms with Gasteiger partial charge in [0.1, 0.15) is 11.5 Å². The smallest absolute Gasteiger partial charge is 0.119 e. The van der Waals surface area contributed by atoms with Gasteiger partial charge in [-0.15, -0.1) is 0 Å². The van der Waals surface area contributed by atoms with Gasteiger partial charge >= 0.3 is 0 Å². The highest BCUT2D eigenvalue weighted by Gasteiger charge is 2.26. The summed E-state index contributed by atoms with van der Waals surface area (Å²) in [6, 6.07) is 8.63. The van der Waals surface area contributed by atoms with Crippen molar-refractivity contribution in [1.82, 2.24) is 5.32 Å². The lowest BCUT2D eigenvalue weighted by molar-refractivity contribution is 0.259. The average molecular weight is 291 g/mol. The van der Waals surface area contributed by atoms with Crippen LogP contribution in [-0.2, 0) is 0 Å². The molecule has 1 aromatic carbocycles. The van der Waals surface area contributed by atoms with E-state index in [9.17, 15) is 0 Å². The van der Waals surface area contributed by atoms with Crippen molar-refractivity contribution in [3.8, 4) is 11.5 Å². The first-order valence-corrected chi connectivity index (χ1v) is 8.42. The van der Waals surface area contributed by atoms with Crippen LogP contribution in [-0.4, -0.2) is 25.8 Å². The Morgan fingerprint density at radius 2 is 1.76 bits per heavy atom. The molecular weight excluding hydrogens is 262 g/mol. The molecule has 118 valence electrons. The van der Waals surface area contributed by atoms with Gasteiger partial charge in [0.2, 0.25) is 0 Å². The minimum absolute atomic E-state index is 0.702. The molecule has 0 aromatic heterocycles. The van der Waals surface area contributed by atoms with Crippen molar-refractivity contribution in [2.24, 2.45) is 5.92 Å². The van der Waals surface area contributed by atoms with Crippen molar-refractivity contribution >= 4 is 0 Å². The summed E-state index contributed by atoms with van der Waals surface area (Å²) < 4.78 is 11.3. The molecule has 21 heavy (non-hydrogen) atoms. The molecule has 0 spiro atoms. The summed E-state index contributed by atoms with van der Waals surface area (Å²) in [6.45, 7) is 6.87. The zero-order chi connectivity index (χ0) is 14.9. The van der Waals surface area contributed by atoms with Gasteiger partial charge < -0.3 is 14.8 Å². The first kappa shape index (κ1) is 16.2. The topological polar surface area (TPSA) is 30.5 Å². The van der Waals surface area contributed by atoms with E-state index in [0.29, 0.717) is 12.6 Å². The number of benzene rings is 1.